The number of sulfonamides is 1. The standard InChI is InChI=1S/C12H17ClN2O4S2/c1-7(6-20(3)17)15-12(16)9-4-10(13)8(2)11(5-9)21(14,18)19/h4-5,7H,6H2,1-3H3,(H,15,16)(H2,14,18,19). The van der Waals surface area contributed by atoms with E-state index in [1.54, 1.807) is 6.92 Å². The molecule has 2 unspecified atom stereocenters. The molecule has 0 aromatic heterocycles. The second-order valence-corrected chi connectivity index (χ2v) is 8.16. The molecular weight excluding hydrogens is 336 g/mol. The number of amides is 1. The lowest BCUT2D eigenvalue weighted by Crippen LogP contribution is -2.36. The molecule has 0 saturated heterocycles. The van der Waals surface area contributed by atoms with Crippen molar-refractivity contribution < 1.29 is 17.4 Å². The van der Waals surface area contributed by atoms with Gasteiger partial charge in [0.2, 0.25) is 10.0 Å². The largest absolute Gasteiger partial charge is 0.349 e. The van der Waals surface area contributed by atoms with Crippen LogP contribution in [0.5, 0.6) is 0 Å². The van der Waals surface area contributed by atoms with E-state index in [-0.39, 0.29) is 21.5 Å². The smallest absolute Gasteiger partial charge is 0.251 e. The minimum Gasteiger partial charge on any atom is -0.349 e. The predicted molar refractivity (Wildman–Crippen MR) is 83.4 cm³/mol. The molecule has 2 atom stereocenters. The number of carbonyl (C=O) groups excluding carboxylic acids is 1. The van der Waals surface area contributed by atoms with E-state index in [0.29, 0.717) is 11.3 Å². The van der Waals surface area contributed by atoms with Gasteiger partial charge in [0.25, 0.3) is 5.91 Å². The summed E-state index contributed by atoms with van der Waals surface area (Å²) in [7, 11) is -5.02. The topological polar surface area (TPSA) is 106 Å². The average Bonchev–Trinajstić information content (AvgIpc) is 2.29. The highest BCUT2D eigenvalue weighted by atomic mass is 35.5. The van der Waals surface area contributed by atoms with E-state index in [0.717, 1.165) is 0 Å². The zero-order valence-corrected chi connectivity index (χ0v) is 14.2. The summed E-state index contributed by atoms with van der Waals surface area (Å²) in [5.74, 6) is -0.201. The monoisotopic (exact) mass is 352 g/mol. The molecule has 1 rings (SSSR count). The first-order valence-corrected chi connectivity index (χ1v) is 9.61. The fraction of sp³-hybridized carbons (Fsp3) is 0.417. The van der Waals surface area contributed by atoms with Crippen LogP contribution in [0, 0.1) is 6.92 Å². The summed E-state index contributed by atoms with van der Waals surface area (Å²) in [6, 6.07) is 2.24. The van der Waals surface area contributed by atoms with Crippen molar-refractivity contribution in [3.05, 3.63) is 28.3 Å². The van der Waals surface area contributed by atoms with E-state index in [1.165, 1.54) is 25.3 Å². The van der Waals surface area contributed by atoms with Gasteiger partial charge in [0, 0.05) is 39.4 Å². The number of rotatable bonds is 5. The Morgan fingerprint density at radius 3 is 2.52 bits per heavy atom. The third-order valence-corrected chi connectivity index (χ3v) is 5.13. The first-order valence-electron chi connectivity index (χ1n) is 5.96. The SMILES string of the molecule is Cc1c(Cl)cc(C(=O)NC(C)CS(C)=O)cc1S(N)(=O)=O. The molecule has 0 fully saturated rings. The van der Waals surface area contributed by atoms with Crippen LogP contribution in [-0.2, 0) is 20.8 Å². The minimum absolute atomic E-state index is 0.0864. The Bertz CT molecular complexity index is 689. The molecule has 118 valence electrons. The van der Waals surface area contributed by atoms with Crippen molar-refractivity contribution in [2.75, 3.05) is 12.0 Å². The third-order valence-electron chi connectivity index (χ3n) is 2.73. The van der Waals surface area contributed by atoms with Gasteiger partial charge < -0.3 is 5.32 Å². The Kier molecular flexibility index (Phi) is 5.92. The van der Waals surface area contributed by atoms with Gasteiger partial charge in [-0.15, -0.1) is 0 Å². The van der Waals surface area contributed by atoms with Crippen molar-refractivity contribution in [2.45, 2.75) is 24.8 Å². The van der Waals surface area contributed by atoms with Crippen LogP contribution in [-0.4, -0.2) is 36.6 Å². The van der Waals surface area contributed by atoms with E-state index in [4.69, 9.17) is 16.7 Å². The van der Waals surface area contributed by atoms with E-state index in [2.05, 4.69) is 5.32 Å². The fourth-order valence-electron chi connectivity index (χ4n) is 1.78. The molecule has 0 spiro atoms. The number of hydrogen-bond donors (Lipinski definition) is 2. The van der Waals surface area contributed by atoms with Crippen LogP contribution in [0.2, 0.25) is 5.02 Å². The molecule has 0 bridgehead atoms. The maximum Gasteiger partial charge on any atom is 0.251 e. The second-order valence-electron chi connectivity index (χ2n) is 4.74. The maximum absolute atomic E-state index is 12.1. The summed E-state index contributed by atoms with van der Waals surface area (Å²) in [6.45, 7) is 3.21. The number of nitrogens with two attached hydrogens (primary N) is 1. The Morgan fingerprint density at radius 1 is 1.48 bits per heavy atom. The van der Waals surface area contributed by atoms with Gasteiger partial charge in [-0.3, -0.25) is 9.00 Å². The average molecular weight is 353 g/mol. The third kappa shape index (κ3) is 5.06. The van der Waals surface area contributed by atoms with E-state index >= 15 is 0 Å². The summed E-state index contributed by atoms with van der Waals surface area (Å²) < 4.78 is 34.1. The summed E-state index contributed by atoms with van der Waals surface area (Å²) in [5, 5.41) is 7.87. The first kappa shape index (κ1) is 18.1. The van der Waals surface area contributed by atoms with Crippen LogP contribution in [0.25, 0.3) is 0 Å². The van der Waals surface area contributed by atoms with E-state index in [9.17, 15) is 17.4 Å². The normalized spacial score (nSPS) is 14.5. The zero-order valence-electron chi connectivity index (χ0n) is 11.8. The lowest BCUT2D eigenvalue weighted by molar-refractivity contribution is 0.0943. The first-order chi connectivity index (χ1) is 9.52. The summed E-state index contributed by atoms with van der Waals surface area (Å²) in [5.41, 5.74) is 0.377. The van der Waals surface area contributed by atoms with E-state index < -0.39 is 26.7 Å². The highest BCUT2D eigenvalue weighted by Crippen LogP contribution is 2.24. The maximum atomic E-state index is 12.1. The van der Waals surface area contributed by atoms with Crippen LogP contribution >= 0.6 is 11.6 Å². The molecule has 1 amide bonds. The molecule has 6 nitrogen and oxygen atoms in total. The molecule has 0 saturated carbocycles. The molecule has 0 aliphatic rings. The Balaban J connectivity index is 3.12. The highest BCUT2D eigenvalue weighted by molar-refractivity contribution is 7.89. The lowest BCUT2D eigenvalue weighted by atomic mass is 10.1. The molecule has 21 heavy (non-hydrogen) atoms. The van der Waals surface area contributed by atoms with E-state index in [1.807, 2.05) is 0 Å². The van der Waals surface area contributed by atoms with Gasteiger partial charge in [-0.2, -0.15) is 0 Å². The molecule has 9 heteroatoms. The van der Waals surface area contributed by atoms with Crippen LogP contribution < -0.4 is 10.5 Å². The van der Waals surface area contributed by atoms with Crippen molar-refractivity contribution in [1.29, 1.82) is 0 Å². The molecule has 0 radical (unpaired) electrons. The van der Waals surface area contributed by atoms with Gasteiger partial charge in [0.05, 0.1) is 4.90 Å². The minimum atomic E-state index is -3.97. The van der Waals surface area contributed by atoms with Gasteiger partial charge in [-0.05, 0) is 31.5 Å². The number of benzene rings is 1. The number of hydrogen-bond acceptors (Lipinski definition) is 4. The summed E-state index contributed by atoms with van der Waals surface area (Å²) in [4.78, 5) is 11.9. The fourth-order valence-corrected chi connectivity index (χ4v) is 3.67. The van der Waals surface area contributed by atoms with Crippen molar-refractivity contribution >= 4 is 38.3 Å². The van der Waals surface area contributed by atoms with Gasteiger partial charge in [-0.25, -0.2) is 13.6 Å². The zero-order chi connectivity index (χ0) is 16.4. The van der Waals surface area contributed by atoms with Crippen molar-refractivity contribution in [3.8, 4) is 0 Å². The molecule has 3 N–H and O–H groups in total. The van der Waals surface area contributed by atoms with Crippen molar-refractivity contribution in [1.82, 2.24) is 5.32 Å². The Morgan fingerprint density at radius 2 is 2.05 bits per heavy atom. The van der Waals surface area contributed by atoms with Crippen LogP contribution in [0.3, 0.4) is 0 Å². The van der Waals surface area contributed by atoms with Crippen LogP contribution in [0.15, 0.2) is 17.0 Å². The summed E-state index contributed by atoms with van der Waals surface area (Å²) in [6.07, 6.45) is 1.53. The van der Waals surface area contributed by atoms with Gasteiger partial charge in [0.15, 0.2) is 0 Å². The Hall–Kier alpha value is -0.960. The van der Waals surface area contributed by atoms with Crippen LogP contribution in [0.1, 0.15) is 22.8 Å². The number of halogens is 1. The number of carbonyl (C=O) groups is 1. The van der Waals surface area contributed by atoms with Gasteiger partial charge >= 0.3 is 0 Å². The van der Waals surface area contributed by atoms with Crippen molar-refractivity contribution in [3.63, 3.8) is 0 Å². The lowest BCUT2D eigenvalue weighted by Gasteiger charge is -2.14. The Labute approximate surface area is 131 Å². The molecular formula is C12H17ClN2O4S2. The second kappa shape index (κ2) is 6.87. The summed E-state index contributed by atoms with van der Waals surface area (Å²) >= 11 is 5.94. The number of primary sulfonamides is 1. The quantitative estimate of drug-likeness (QED) is 0.817. The van der Waals surface area contributed by atoms with Crippen molar-refractivity contribution in [2.24, 2.45) is 5.14 Å². The molecule has 0 heterocycles. The molecule has 1 aromatic carbocycles. The van der Waals surface area contributed by atoms with Gasteiger partial charge in [0.1, 0.15) is 0 Å². The predicted octanol–water partition coefficient (Wildman–Crippen LogP) is 0.793. The van der Waals surface area contributed by atoms with Crippen LogP contribution in [0.4, 0.5) is 0 Å². The molecule has 1 aromatic rings. The van der Waals surface area contributed by atoms with Gasteiger partial charge in [-0.1, -0.05) is 11.6 Å². The molecule has 0 aliphatic carbocycles. The number of nitrogens with one attached hydrogen (secondary N) is 1. The highest BCUT2D eigenvalue weighted by Gasteiger charge is 2.19. The molecule has 0 aliphatic heterocycles.